The second kappa shape index (κ2) is 26.1. The fraction of sp³-hybridized carbons (Fsp3) is 1.00. The van der Waals surface area contributed by atoms with Gasteiger partial charge in [-0.2, -0.15) is 8.42 Å². The van der Waals surface area contributed by atoms with Crippen LogP contribution in [-0.4, -0.2) is 49.1 Å². The summed E-state index contributed by atoms with van der Waals surface area (Å²) in [6, 6.07) is 0. The normalized spacial score (nSPS) is 11.5. The van der Waals surface area contributed by atoms with Gasteiger partial charge in [-0.05, 0) is 6.42 Å². The van der Waals surface area contributed by atoms with E-state index in [2.05, 4.69) is 11.1 Å². The summed E-state index contributed by atoms with van der Waals surface area (Å²) in [6.07, 6.45) is 29.3. The molecular formula is C24H50NaO4S. The third-order valence-electron chi connectivity index (χ3n) is 5.73. The maximum Gasteiger partial charge on any atom is 0.397 e. The Morgan fingerprint density at radius 3 is 0.967 bits per heavy atom. The molecule has 0 fully saturated rings. The molecule has 0 aromatic carbocycles. The Labute approximate surface area is 210 Å². The molecule has 0 spiro atoms. The van der Waals surface area contributed by atoms with Gasteiger partial charge in [0.1, 0.15) is 0 Å². The van der Waals surface area contributed by atoms with E-state index in [1.54, 1.807) is 0 Å². The topological polar surface area (TPSA) is 63.6 Å². The first kappa shape index (κ1) is 33.0. The minimum Gasteiger partial charge on any atom is -0.264 e. The van der Waals surface area contributed by atoms with Crippen LogP contribution in [0.25, 0.3) is 0 Å². The predicted octanol–water partition coefficient (Wildman–Crippen LogP) is 8.03. The summed E-state index contributed by atoms with van der Waals surface area (Å²) in [7, 11) is -4.25. The van der Waals surface area contributed by atoms with E-state index in [0.717, 1.165) is 12.8 Å². The van der Waals surface area contributed by atoms with Crippen molar-refractivity contribution in [1.29, 1.82) is 0 Å². The van der Waals surface area contributed by atoms with Crippen molar-refractivity contribution >= 4 is 40.0 Å². The smallest absolute Gasteiger partial charge is 0.264 e. The average Bonchev–Trinajstić information content (AvgIpc) is 2.67. The average molecular weight is 458 g/mol. The summed E-state index contributed by atoms with van der Waals surface area (Å²) < 4.78 is 33.5. The molecule has 0 aromatic rings. The quantitative estimate of drug-likeness (QED) is 0.0905. The van der Waals surface area contributed by atoms with Crippen molar-refractivity contribution in [2.45, 2.75) is 148 Å². The Morgan fingerprint density at radius 2 is 0.733 bits per heavy atom. The first-order valence-corrected chi connectivity index (χ1v) is 14.0. The number of hydrogen-bond acceptors (Lipinski definition) is 3. The third-order valence-corrected chi connectivity index (χ3v) is 6.19. The van der Waals surface area contributed by atoms with Gasteiger partial charge in [0.05, 0.1) is 6.61 Å². The van der Waals surface area contributed by atoms with Crippen LogP contribution in [0.4, 0.5) is 0 Å². The molecule has 0 aliphatic rings. The number of unbranched alkanes of at least 4 members (excludes halogenated alkanes) is 21. The maximum absolute atomic E-state index is 10.4. The minimum atomic E-state index is -4.25. The van der Waals surface area contributed by atoms with E-state index in [1.165, 1.54) is 122 Å². The number of hydrogen-bond donors (Lipinski definition) is 1. The second-order valence-electron chi connectivity index (χ2n) is 8.67. The van der Waals surface area contributed by atoms with Gasteiger partial charge in [-0.25, -0.2) is 4.18 Å². The van der Waals surface area contributed by atoms with Crippen LogP contribution in [-0.2, 0) is 14.6 Å². The van der Waals surface area contributed by atoms with Gasteiger partial charge in [-0.15, -0.1) is 0 Å². The van der Waals surface area contributed by atoms with E-state index in [4.69, 9.17) is 4.55 Å². The molecule has 1 N–H and O–H groups in total. The van der Waals surface area contributed by atoms with Crippen molar-refractivity contribution in [3.8, 4) is 0 Å². The summed E-state index contributed by atoms with van der Waals surface area (Å²) in [5, 5.41) is 0. The molecule has 0 aliphatic carbocycles. The monoisotopic (exact) mass is 457 g/mol. The summed E-state index contributed by atoms with van der Waals surface area (Å²) in [5.74, 6) is 0. The van der Waals surface area contributed by atoms with Gasteiger partial charge in [0.15, 0.2) is 0 Å². The Bertz CT molecular complexity index is 415. The molecule has 0 atom stereocenters. The van der Waals surface area contributed by atoms with Gasteiger partial charge >= 0.3 is 10.4 Å². The van der Waals surface area contributed by atoms with E-state index in [1.807, 2.05) is 0 Å². The summed E-state index contributed by atoms with van der Waals surface area (Å²) >= 11 is 0. The van der Waals surface area contributed by atoms with Crippen LogP contribution in [0, 0.1) is 0 Å². The SMILES string of the molecule is CCCCCCCCCCCCCCCCCCCCCCCCOS(=O)(=O)O.[Na]. The van der Waals surface area contributed by atoms with Crippen molar-refractivity contribution in [1.82, 2.24) is 0 Å². The fourth-order valence-corrected chi connectivity index (χ4v) is 4.20. The van der Waals surface area contributed by atoms with Crippen LogP contribution in [0.5, 0.6) is 0 Å². The molecule has 0 heterocycles. The molecular weight excluding hydrogens is 407 g/mol. The van der Waals surface area contributed by atoms with Gasteiger partial charge in [0.2, 0.25) is 0 Å². The van der Waals surface area contributed by atoms with E-state index in [-0.39, 0.29) is 36.2 Å². The molecule has 0 amide bonds. The second-order valence-corrected chi connectivity index (χ2v) is 9.77. The van der Waals surface area contributed by atoms with Gasteiger partial charge in [0.25, 0.3) is 0 Å². The third kappa shape index (κ3) is 31.1. The minimum absolute atomic E-state index is 0. The standard InChI is InChI=1S/C24H50O4S.Na/c1-2-3-4-5-6-7-8-9-10-11-12-13-14-15-16-17-18-19-20-21-22-23-24-28-29(25,26)27;/h2-24H2,1H3,(H,25,26,27);. The zero-order valence-corrected chi connectivity index (χ0v) is 23.2. The summed E-state index contributed by atoms with van der Waals surface area (Å²) in [5.41, 5.74) is 0. The largest absolute Gasteiger partial charge is 0.397 e. The van der Waals surface area contributed by atoms with Crippen molar-refractivity contribution < 1.29 is 17.2 Å². The van der Waals surface area contributed by atoms with E-state index >= 15 is 0 Å². The molecule has 1 radical (unpaired) electrons. The van der Waals surface area contributed by atoms with Crippen molar-refractivity contribution in [2.75, 3.05) is 6.61 Å². The van der Waals surface area contributed by atoms with Crippen molar-refractivity contribution in [3.05, 3.63) is 0 Å². The molecule has 0 unspecified atom stereocenters. The molecule has 0 aliphatic heterocycles. The Hall–Kier alpha value is 0.870. The Balaban J connectivity index is 0. The molecule has 6 heteroatoms. The van der Waals surface area contributed by atoms with Gasteiger partial charge < -0.3 is 0 Å². The molecule has 4 nitrogen and oxygen atoms in total. The maximum atomic E-state index is 10.4. The van der Waals surface area contributed by atoms with Gasteiger partial charge in [-0.1, -0.05) is 142 Å². The van der Waals surface area contributed by atoms with Gasteiger partial charge in [0, 0.05) is 29.6 Å². The van der Waals surface area contributed by atoms with E-state index < -0.39 is 10.4 Å². The van der Waals surface area contributed by atoms with Crippen LogP contribution in [0.3, 0.4) is 0 Å². The molecule has 30 heavy (non-hydrogen) atoms. The fourth-order valence-electron chi connectivity index (χ4n) is 3.88. The summed E-state index contributed by atoms with van der Waals surface area (Å²) in [6.45, 7) is 2.38. The van der Waals surface area contributed by atoms with E-state index in [0.29, 0.717) is 6.42 Å². The molecule has 0 bridgehead atoms. The first-order valence-electron chi connectivity index (χ1n) is 12.7. The number of rotatable bonds is 24. The molecule has 0 aromatic heterocycles. The first-order chi connectivity index (χ1) is 14.1. The van der Waals surface area contributed by atoms with Crippen LogP contribution >= 0.6 is 0 Å². The zero-order chi connectivity index (χ0) is 21.5. The van der Waals surface area contributed by atoms with Crippen LogP contribution in [0.2, 0.25) is 0 Å². The predicted molar refractivity (Wildman–Crippen MR) is 131 cm³/mol. The zero-order valence-electron chi connectivity index (χ0n) is 20.3. The Morgan fingerprint density at radius 1 is 0.500 bits per heavy atom. The summed E-state index contributed by atoms with van der Waals surface area (Å²) in [4.78, 5) is 0. The van der Waals surface area contributed by atoms with Crippen LogP contribution in [0.1, 0.15) is 148 Å². The molecule has 0 saturated heterocycles. The van der Waals surface area contributed by atoms with Crippen LogP contribution in [0.15, 0.2) is 0 Å². The molecule has 0 saturated carbocycles. The Kier molecular flexibility index (Phi) is 28.8. The molecule has 177 valence electrons. The van der Waals surface area contributed by atoms with Crippen molar-refractivity contribution in [3.63, 3.8) is 0 Å². The van der Waals surface area contributed by atoms with Crippen LogP contribution < -0.4 is 0 Å². The molecule has 0 rings (SSSR count). The van der Waals surface area contributed by atoms with E-state index in [9.17, 15) is 8.42 Å². The van der Waals surface area contributed by atoms with Crippen molar-refractivity contribution in [2.24, 2.45) is 0 Å². The van der Waals surface area contributed by atoms with Gasteiger partial charge in [-0.3, -0.25) is 4.55 Å².